The third kappa shape index (κ3) is 5.37. The van der Waals surface area contributed by atoms with Crippen LogP contribution in [-0.4, -0.2) is 28.9 Å². The molecule has 0 aliphatic carbocycles. The third-order valence-electron chi connectivity index (χ3n) is 2.89. The molecule has 1 heterocycles. The number of hydrogen-bond donors (Lipinski definition) is 2. The van der Waals surface area contributed by atoms with E-state index in [1.165, 1.54) is 6.07 Å². The van der Waals surface area contributed by atoms with Gasteiger partial charge >= 0.3 is 0 Å². The van der Waals surface area contributed by atoms with E-state index in [0.29, 0.717) is 24.8 Å². The predicted octanol–water partition coefficient (Wildman–Crippen LogP) is 2.59. The van der Waals surface area contributed by atoms with E-state index >= 15 is 0 Å². The van der Waals surface area contributed by atoms with Crippen LogP contribution in [0.25, 0.3) is 0 Å². The summed E-state index contributed by atoms with van der Waals surface area (Å²) in [6.45, 7) is 7.28. The standard InChI is InChI=1S/C14H22N4O3/c1-4-6-15-13-8-11(12(9-17-13)18(20)21)14(19)16-7-5-10(2)3/h8-10H,4-7H2,1-3H3,(H,15,17)(H,16,19). The summed E-state index contributed by atoms with van der Waals surface area (Å²) in [7, 11) is 0. The van der Waals surface area contributed by atoms with Crippen molar-refractivity contribution >= 4 is 17.4 Å². The second-order valence-corrected chi connectivity index (χ2v) is 5.21. The number of pyridine rings is 1. The SMILES string of the molecule is CCCNc1cc(C(=O)NCCC(C)C)c([N+](=O)[O-])cn1. The van der Waals surface area contributed by atoms with E-state index in [4.69, 9.17) is 0 Å². The normalized spacial score (nSPS) is 10.5. The van der Waals surface area contributed by atoms with Crippen LogP contribution in [0.1, 0.15) is 44.0 Å². The second-order valence-electron chi connectivity index (χ2n) is 5.21. The zero-order valence-corrected chi connectivity index (χ0v) is 12.7. The molecule has 0 atom stereocenters. The Hall–Kier alpha value is -2.18. The molecule has 1 rings (SSSR count). The molecule has 0 unspecified atom stereocenters. The molecule has 0 aromatic carbocycles. The van der Waals surface area contributed by atoms with E-state index < -0.39 is 10.8 Å². The van der Waals surface area contributed by atoms with Crippen LogP contribution in [0, 0.1) is 16.0 Å². The molecule has 0 aliphatic heterocycles. The van der Waals surface area contributed by atoms with Crippen molar-refractivity contribution in [2.24, 2.45) is 5.92 Å². The number of anilines is 1. The summed E-state index contributed by atoms with van der Waals surface area (Å²) < 4.78 is 0. The lowest BCUT2D eigenvalue weighted by molar-refractivity contribution is -0.385. The maximum atomic E-state index is 12.1. The molecule has 116 valence electrons. The Morgan fingerprint density at radius 2 is 2.14 bits per heavy atom. The summed E-state index contributed by atoms with van der Waals surface area (Å²) in [5.41, 5.74) is -0.239. The maximum Gasteiger partial charge on any atom is 0.300 e. The fourth-order valence-electron chi connectivity index (χ4n) is 1.69. The number of amides is 1. The number of nitro groups is 1. The van der Waals surface area contributed by atoms with Gasteiger partial charge in [-0.2, -0.15) is 0 Å². The molecule has 7 heteroatoms. The first-order chi connectivity index (χ1) is 9.95. The zero-order chi connectivity index (χ0) is 15.8. The van der Waals surface area contributed by atoms with E-state index in [-0.39, 0.29) is 11.3 Å². The van der Waals surface area contributed by atoms with Crippen LogP contribution in [0.5, 0.6) is 0 Å². The first kappa shape index (κ1) is 16.9. The van der Waals surface area contributed by atoms with Crippen LogP contribution in [-0.2, 0) is 0 Å². The van der Waals surface area contributed by atoms with Crippen molar-refractivity contribution in [1.29, 1.82) is 0 Å². The Labute approximate surface area is 124 Å². The number of carbonyl (C=O) groups is 1. The minimum atomic E-state index is -0.589. The summed E-state index contributed by atoms with van der Waals surface area (Å²) in [5, 5.41) is 16.7. The molecule has 1 aromatic rings. The van der Waals surface area contributed by atoms with Crippen molar-refractivity contribution in [2.45, 2.75) is 33.6 Å². The molecule has 0 radical (unpaired) electrons. The van der Waals surface area contributed by atoms with Gasteiger partial charge in [-0.05, 0) is 18.8 Å². The average Bonchev–Trinajstić information content (AvgIpc) is 2.44. The molecule has 0 saturated carbocycles. The Kier molecular flexibility index (Phi) is 6.58. The number of nitrogens with zero attached hydrogens (tertiary/aromatic N) is 2. The summed E-state index contributed by atoms with van der Waals surface area (Å²) in [5.74, 6) is 0.486. The Bertz CT molecular complexity index is 503. The quantitative estimate of drug-likeness (QED) is 0.567. The number of carbonyl (C=O) groups excluding carboxylic acids is 1. The van der Waals surface area contributed by atoms with Gasteiger partial charge in [0.1, 0.15) is 17.6 Å². The molecule has 0 aliphatic rings. The largest absolute Gasteiger partial charge is 0.370 e. The Balaban J connectivity index is 2.89. The minimum absolute atomic E-state index is 0.0392. The minimum Gasteiger partial charge on any atom is -0.370 e. The molecule has 0 bridgehead atoms. The molecule has 1 aromatic heterocycles. The molecule has 0 saturated heterocycles. The van der Waals surface area contributed by atoms with Crippen LogP contribution in [0.15, 0.2) is 12.3 Å². The molecule has 7 nitrogen and oxygen atoms in total. The van der Waals surface area contributed by atoms with Crippen molar-refractivity contribution in [3.8, 4) is 0 Å². The van der Waals surface area contributed by atoms with Gasteiger partial charge in [-0.3, -0.25) is 14.9 Å². The highest BCUT2D eigenvalue weighted by atomic mass is 16.6. The van der Waals surface area contributed by atoms with E-state index in [1.54, 1.807) is 0 Å². The molecular weight excluding hydrogens is 272 g/mol. The van der Waals surface area contributed by atoms with Crippen LogP contribution in [0.3, 0.4) is 0 Å². The predicted molar refractivity (Wildman–Crippen MR) is 81.5 cm³/mol. The van der Waals surface area contributed by atoms with E-state index in [0.717, 1.165) is 19.0 Å². The van der Waals surface area contributed by atoms with Gasteiger partial charge in [-0.1, -0.05) is 20.8 Å². The Morgan fingerprint density at radius 3 is 2.71 bits per heavy atom. The number of aromatic nitrogens is 1. The molecule has 0 fully saturated rings. The highest BCUT2D eigenvalue weighted by molar-refractivity contribution is 5.98. The lowest BCUT2D eigenvalue weighted by Gasteiger charge is -2.09. The van der Waals surface area contributed by atoms with Crippen molar-refractivity contribution in [1.82, 2.24) is 10.3 Å². The molecule has 0 spiro atoms. The van der Waals surface area contributed by atoms with E-state index in [2.05, 4.69) is 15.6 Å². The first-order valence-corrected chi connectivity index (χ1v) is 7.12. The van der Waals surface area contributed by atoms with Gasteiger partial charge in [-0.15, -0.1) is 0 Å². The van der Waals surface area contributed by atoms with Crippen LogP contribution in [0.2, 0.25) is 0 Å². The molecule has 21 heavy (non-hydrogen) atoms. The zero-order valence-electron chi connectivity index (χ0n) is 12.7. The average molecular weight is 294 g/mol. The van der Waals surface area contributed by atoms with Gasteiger partial charge < -0.3 is 10.6 Å². The van der Waals surface area contributed by atoms with Crippen molar-refractivity contribution in [3.05, 3.63) is 27.9 Å². The summed E-state index contributed by atoms with van der Waals surface area (Å²) >= 11 is 0. The summed E-state index contributed by atoms with van der Waals surface area (Å²) in [6, 6.07) is 1.43. The van der Waals surface area contributed by atoms with E-state index in [1.807, 2.05) is 20.8 Å². The summed E-state index contributed by atoms with van der Waals surface area (Å²) in [4.78, 5) is 26.5. The highest BCUT2D eigenvalue weighted by Gasteiger charge is 2.21. The monoisotopic (exact) mass is 294 g/mol. The molecule has 1 amide bonds. The smallest absolute Gasteiger partial charge is 0.300 e. The maximum absolute atomic E-state index is 12.1. The lowest BCUT2D eigenvalue weighted by atomic mass is 10.1. The third-order valence-corrected chi connectivity index (χ3v) is 2.89. The van der Waals surface area contributed by atoms with Crippen LogP contribution in [0.4, 0.5) is 11.5 Å². The lowest BCUT2D eigenvalue weighted by Crippen LogP contribution is -2.26. The van der Waals surface area contributed by atoms with E-state index in [9.17, 15) is 14.9 Å². The highest BCUT2D eigenvalue weighted by Crippen LogP contribution is 2.20. The molecular formula is C14H22N4O3. The number of hydrogen-bond acceptors (Lipinski definition) is 5. The number of rotatable bonds is 8. The van der Waals surface area contributed by atoms with Crippen LogP contribution >= 0.6 is 0 Å². The van der Waals surface area contributed by atoms with Crippen molar-refractivity contribution in [3.63, 3.8) is 0 Å². The van der Waals surface area contributed by atoms with Gasteiger partial charge in [0.2, 0.25) is 0 Å². The van der Waals surface area contributed by atoms with Crippen molar-refractivity contribution in [2.75, 3.05) is 18.4 Å². The van der Waals surface area contributed by atoms with Gasteiger partial charge in [0, 0.05) is 19.2 Å². The first-order valence-electron chi connectivity index (χ1n) is 7.12. The van der Waals surface area contributed by atoms with Gasteiger partial charge in [0.25, 0.3) is 11.6 Å². The fraction of sp³-hybridized carbons (Fsp3) is 0.571. The van der Waals surface area contributed by atoms with Gasteiger partial charge in [-0.25, -0.2) is 4.98 Å². The second kappa shape index (κ2) is 8.18. The fourth-order valence-corrected chi connectivity index (χ4v) is 1.69. The van der Waals surface area contributed by atoms with Crippen molar-refractivity contribution < 1.29 is 9.72 Å². The van der Waals surface area contributed by atoms with Crippen LogP contribution < -0.4 is 10.6 Å². The Morgan fingerprint density at radius 1 is 1.43 bits per heavy atom. The number of nitrogens with one attached hydrogen (secondary N) is 2. The topological polar surface area (TPSA) is 97.2 Å². The van der Waals surface area contributed by atoms with Gasteiger partial charge in [0.15, 0.2) is 0 Å². The summed E-state index contributed by atoms with van der Waals surface area (Å²) in [6.07, 6.45) is 2.84. The molecule has 2 N–H and O–H groups in total. The van der Waals surface area contributed by atoms with Gasteiger partial charge in [0.05, 0.1) is 4.92 Å².